The predicted molar refractivity (Wildman–Crippen MR) is 65.8 cm³/mol. The van der Waals surface area contributed by atoms with Gasteiger partial charge in [-0.1, -0.05) is 6.92 Å². The minimum Gasteiger partial charge on any atom is -0.481 e. The van der Waals surface area contributed by atoms with Crippen molar-refractivity contribution in [3.05, 3.63) is 0 Å². The van der Waals surface area contributed by atoms with Gasteiger partial charge in [-0.25, -0.2) is 0 Å². The van der Waals surface area contributed by atoms with Crippen LogP contribution >= 0.6 is 0 Å². The van der Waals surface area contributed by atoms with Gasteiger partial charge in [0.1, 0.15) is 0 Å². The van der Waals surface area contributed by atoms with Crippen molar-refractivity contribution < 1.29 is 19.5 Å². The third-order valence-electron chi connectivity index (χ3n) is 2.34. The molecule has 2 amide bonds. The van der Waals surface area contributed by atoms with E-state index in [1.54, 1.807) is 14.1 Å². The molecule has 0 aliphatic heterocycles. The molecule has 0 rings (SSSR count). The van der Waals surface area contributed by atoms with E-state index in [4.69, 9.17) is 10.8 Å². The van der Waals surface area contributed by atoms with Crippen LogP contribution < -0.4 is 5.73 Å². The van der Waals surface area contributed by atoms with Gasteiger partial charge in [-0.2, -0.15) is 0 Å². The lowest BCUT2D eigenvalue weighted by molar-refractivity contribution is -0.143. The first-order valence-electron chi connectivity index (χ1n) is 5.75. The highest BCUT2D eigenvalue weighted by molar-refractivity contribution is 5.89. The van der Waals surface area contributed by atoms with Crippen LogP contribution in [0.4, 0.5) is 0 Å². The zero-order chi connectivity index (χ0) is 14.3. The number of rotatable bonds is 7. The van der Waals surface area contributed by atoms with E-state index in [1.165, 1.54) is 9.80 Å². The van der Waals surface area contributed by atoms with E-state index in [1.807, 2.05) is 6.92 Å². The molecule has 18 heavy (non-hydrogen) atoms. The summed E-state index contributed by atoms with van der Waals surface area (Å²) in [6, 6.07) is -1.11. The van der Waals surface area contributed by atoms with Gasteiger partial charge in [0.05, 0.1) is 19.0 Å². The first-order chi connectivity index (χ1) is 8.29. The number of aliphatic carboxylic acids is 1. The number of carbonyl (C=O) groups is 3. The Hall–Kier alpha value is -1.63. The average Bonchev–Trinajstić information content (AvgIpc) is 2.26. The van der Waals surface area contributed by atoms with Crippen molar-refractivity contribution in [1.29, 1.82) is 0 Å². The number of hydrogen-bond donors (Lipinski definition) is 2. The largest absolute Gasteiger partial charge is 0.481 e. The molecular weight excluding hydrogens is 238 g/mol. The zero-order valence-corrected chi connectivity index (χ0v) is 11.0. The summed E-state index contributed by atoms with van der Waals surface area (Å²) >= 11 is 0. The van der Waals surface area contributed by atoms with Gasteiger partial charge in [-0.05, 0) is 6.42 Å². The molecule has 0 saturated carbocycles. The molecule has 0 fully saturated rings. The van der Waals surface area contributed by atoms with Crippen LogP contribution in [0.5, 0.6) is 0 Å². The van der Waals surface area contributed by atoms with Gasteiger partial charge >= 0.3 is 5.97 Å². The van der Waals surface area contributed by atoms with Crippen molar-refractivity contribution in [3.63, 3.8) is 0 Å². The second-order valence-electron chi connectivity index (χ2n) is 4.25. The second-order valence-corrected chi connectivity index (χ2v) is 4.25. The average molecular weight is 259 g/mol. The highest BCUT2D eigenvalue weighted by atomic mass is 16.4. The minimum atomic E-state index is -1.13. The predicted octanol–water partition coefficient (Wildman–Crippen LogP) is -0.885. The number of carbonyl (C=O) groups excluding carboxylic acids is 2. The molecule has 0 aromatic rings. The molecule has 0 aromatic heterocycles. The Balaban J connectivity index is 4.62. The molecule has 1 unspecified atom stereocenters. The van der Waals surface area contributed by atoms with Gasteiger partial charge in [-0.15, -0.1) is 0 Å². The normalized spacial score (nSPS) is 11.8. The van der Waals surface area contributed by atoms with Crippen molar-refractivity contribution in [2.24, 2.45) is 5.73 Å². The zero-order valence-electron chi connectivity index (χ0n) is 11.0. The summed E-state index contributed by atoms with van der Waals surface area (Å²) in [7, 11) is 3.18. The number of nitrogens with zero attached hydrogens (tertiary/aromatic N) is 2. The van der Waals surface area contributed by atoms with Gasteiger partial charge in [0.2, 0.25) is 11.8 Å². The maximum absolute atomic E-state index is 11.9. The van der Waals surface area contributed by atoms with Crippen molar-refractivity contribution >= 4 is 17.8 Å². The molecule has 1 atom stereocenters. The lowest BCUT2D eigenvalue weighted by atomic mass is 10.2. The molecule has 0 aromatic carbocycles. The number of likely N-dealkylation sites (N-methyl/N-ethyl adjacent to an activating group) is 1. The highest BCUT2D eigenvalue weighted by Crippen LogP contribution is 2.00. The first kappa shape index (κ1) is 16.4. The molecule has 7 nitrogen and oxygen atoms in total. The molecule has 0 bridgehead atoms. The number of hydrogen-bond acceptors (Lipinski definition) is 4. The Bertz CT molecular complexity index is 317. The van der Waals surface area contributed by atoms with E-state index in [0.717, 1.165) is 0 Å². The fourth-order valence-corrected chi connectivity index (χ4v) is 1.35. The van der Waals surface area contributed by atoms with Crippen LogP contribution in [0.15, 0.2) is 0 Å². The molecule has 0 aliphatic rings. The van der Waals surface area contributed by atoms with E-state index in [0.29, 0.717) is 13.0 Å². The summed E-state index contributed by atoms with van der Waals surface area (Å²) in [4.78, 5) is 36.6. The maximum Gasteiger partial charge on any atom is 0.305 e. The van der Waals surface area contributed by atoms with Crippen LogP contribution in [-0.4, -0.2) is 65.9 Å². The van der Waals surface area contributed by atoms with Gasteiger partial charge in [0, 0.05) is 20.6 Å². The highest BCUT2D eigenvalue weighted by Gasteiger charge is 2.24. The molecule has 3 N–H and O–H groups in total. The third-order valence-corrected chi connectivity index (χ3v) is 2.34. The topological polar surface area (TPSA) is 104 Å². The monoisotopic (exact) mass is 259 g/mol. The lowest BCUT2D eigenvalue weighted by Crippen LogP contribution is -2.48. The minimum absolute atomic E-state index is 0.0764. The van der Waals surface area contributed by atoms with Crippen LogP contribution in [-0.2, 0) is 14.4 Å². The van der Waals surface area contributed by atoms with Gasteiger partial charge in [-0.3, -0.25) is 14.4 Å². The first-order valence-corrected chi connectivity index (χ1v) is 5.75. The van der Waals surface area contributed by atoms with E-state index >= 15 is 0 Å². The van der Waals surface area contributed by atoms with E-state index in [9.17, 15) is 14.4 Å². The van der Waals surface area contributed by atoms with Gasteiger partial charge < -0.3 is 20.6 Å². The Kier molecular flexibility index (Phi) is 6.96. The SMILES string of the molecule is CCCN(CC(=O)N(C)C)C(=O)C(N)CC(=O)O. The molecular formula is C11H21N3O4. The summed E-state index contributed by atoms with van der Waals surface area (Å²) < 4.78 is 0. The Morgan fingerprint density at radius 3 is 2.22 bits per heavy atom. The van der Waals surface area contributed by atoms with Crippen LogP contribution in [0.3, 0.4) is 0 Å². The van der Waals surface area contributed by atoms with Crippen LogP contribution in [0.25, 0.3) is 0 Å². The van der Waals surface area contributed by atoms with Crippen molar-refractivity contribution in [1.82, 2.24) is 9.80 Å². The van der Waals surface area contributed by atoms with Gasteiger partial charge in [0.25, 0.3) is 0 Å². The molecule has 0 heterocycles. The molecule has 7 heteroatoms. The smallest absolute Gasteiger partial charge is 0.305 e. The molecule has 0 saturated heterocycles. The summed E-state index contributed by atoms with van der Waals surface area (Å²) in [5.74, 6) is -1.86. The quantitative estimate of drug-likeness (QED) is 0.617. The molecule has 0 aliphatic carbocycles. The molecule has 0 spiro atoms. The van der Waals surface area contributed by atoms with Crippen LogP contribution in [0.2, 0.25) is 0 Å². The van der Waals surface area contributed by atoms with Crippen LogP contribution in [0.1, 0.15) is 19.8 Å². The van der Waals surface area contributed by atoms with E-state index < -0.39 is 24.3 Å². The Labute approximate surface area is 107 Å². The number of amides is 2. The fourth-order valence-electron chi connectivity index (χ4n) is 1.35. The Morgan fingerprint density at radius 1 is 1.28 bits per heavy atom. The standard InChI is InChI=1S/C11H21N3O4/c1-4-5-14(7-9(15)13(2)3)11(18)8(12)6-10(16)17/h8H,4-7,12H2,1-3H3,(H,16,17). The van der Waals surface area contributed by atoms with Crippen molar-refractivity contribution in [2.45, 2.75) is 25.8 Å². The fraction of sp³-hybridized carbons (Fsp3) is 0.727. The maximum atomic E-state index is 11.9. The van der Waals surface area contributed by atoms with Crippen LogP contribution in [0, 0.1) is 0 Å². The van der Waals surface area contributed by atoms with Crippen molar-refractivity contribution in [2.75, 3.05) is 27.2 Å². The van der Waals surface area contributed by atoms with Gasteiger partial charge in [0.15, 0.2) is 0 Å². The van der Waals surface area contributed by atoms with E-state index in [-0.39, 0.29) is 12.5 Å². The Morgan fingerprint density at radius 2 is 1.83 bits per heavy atom. The van der Waals surface area contributed by atoms with Crippen molar-refractivity contribution in [3.8, 4) is 0 Å². The van der Waals surface area contributed by atoms with E-state index in [2.05, 4.69) is 0 Å². The summed E-state index contributed by atoms with van der Waals surface area (Å²) in [6.45, 7) is 2.17. The third kappa shape index (κ3) is 5.62. The number of nitrogens with two attached hydrogens (primary N) is 1. The number of carboxylic acids is 1. The second kappa shape index (κ2) is 7.65. The summed E-state index contributed by atoms with van der Waals surface area (Å²) in [6.07, 6.45) is 0.238. The molecule has 0 radical (unpaired) electrons. The summed E-state index contributed by atoms with van der Waals surface area (Å²) in [5.41, 5.74) is 5.50. The molecule has 104 valence electrons. The lowest BCUT2D eigenvalue weighted by Gasteiger charge is -2.25. The summed E-state index contributed by atoms with van der Waals surface area (Å²) in [5, 5.41) is 8.59. The number of carboxylic acid groups (broad SMARTS) is 1.